The van der Waals surface area contributed by atoms with Crippen LogP contribution < -0.4 is 14.8 Å². The lowest BCUT2D eigenvalue weighted by Crippen LogP contribution is -2.44. The first-order valence-electron chi connectivity index (χ1n) is 6.64. The zero-order valence-electron chi connectivity index (χ0n) is 12.7. The zero-order valence-corrected chi connectivity index (χ0v) is 12.7. The number of carbonyl (C=O) groups excluding carboxylic acids is 1. The predicted molar refractivity (Wildman–Crippen MR) is 78.0 cm³/mol. The van der Waals surface area contributed by atoms with E-state index in [9.17, 15) is 9.59 Å². The molecule has 0 spiro atoms. The van der Waals surface area contributed by atoms with Crippen molar-refractivity contribution in [2.75, 3.05) is 13.7 Å². The number of hydrogen-bond donors (Lipinski definition) is 2. The van der Waals surface area contributed by atoms with Crippen molar-refractivity contribution in [3.63, 3.8) is 0 Å². The third-order valence-corrected chi connectivity index (χ3v) is 3.14. The second kappa shape index (κ2) is 6.97. The van der Waals surface area contributed by atoms with Crippen molar-refractivity contribution in [2.45, 2.75) is 32.7 Å². The first-order chi connectivity index (χ1) is 9.79. The molecule has 2 N–H and O–H groups in total. The van der Waals surface area contributed by atoms with E-state index < -0.39 is 5.97 Å². The molecule has 1 aromatic rings. The average molecular weight is 295 g/mol. The molecule has 116 valence electrons. The Bertz CT molecular complexity index is 525. The van der Waals surface area contributed by atoms with Crippen LogP contribution in [0.25, 0.3) is 0 Å². The van der Waals surface area contributed by atoms with E-state index in [1.807, 2.05) is 20.8 Å². The summed E-state index contributed by atoms with van der Waals surface area (Å²) in [5.41, 5.74) is -0.368. The Morgan fingerprint density at radius 2 is 2.00 bits per heavy atom. The van der Waals surface area contributed by atoms with E-state index in [2.05, 4.69) is 5.32 Å². The fourth-order valence-corrected chi connectivity index (χ4v) is 1.57. The molecule has 0 unspecified atom stereocenters. The molecule has 0 aliphatic heterocycles. The van der Waals surface area contributed by atoms with Gasteiger partial charge < -0.3 is 19.9 Å². The van der Waals surface area contributed by atoms with Gasteiger partial charge in [0.1, 0.15) is 17.1 Å². The SMILES string of the molecule is CCC(C)(C)NC(=O)COc1ccc(OC)cc1C(=O)O. The second-order valence-corrected chi connectivity index (χ2v) is 5.24. The van der Waals surface area contributed by atoms with Gasteiger partial charge in [0.15, 0.2) is 6.61 Å². The highest BCUT2D eigenvalue weighted by molar-refractivity contribution is 5.91. The first-order valence-corrected chi connectivity index (χ1v) is 6.64. The normalized spacial score (nSPS) is 10.9. The number of ether oxygens (including phenoxy) is 2. The Labute approximate surface area is 124 Å². The largest absolute Gasteiger partial charge is 0.497 e. The average Bonchev–Trinajstić information content (AvgIpc) is 2.44. The molecule has 0 fully saturated rings. The lowest BCUT2D eigenvalue weighted by atomic mass is 10.0. The topological polar surface area (TPSA) is 84.9 Å². The third kappa shape index (κ3) is 4.98. The number of carboxylic acid groups (broad SMARTS) is 1. The fourth-order valence-electron chi connectivity index (χ4n) is 1.57. The summed E-state index contributed by atoms with van der Waals surface area (Å²) in [5.74, 6) is -0.892. The summed E-state index contributed by atoms with van der Waals surface area (Å²) in [4.78, 5) is 23.0. The molecule has 6 nitrogen and oxygen atoms in total. The van der Waals surface area contributed by atoms with Gasteiger partial charge in [0.05, 0.1) is 7.11 Å². The minimum absolute atomic E-state index is 0.0445. The van der Waals surface area contributed by atoms with Gasteiger partial charge in [-0.15, -0.1) is 0 Å². The smallest absolute Gasteiger partial charge is 0.339 e. The van der Waals surface area contributed by atoms with Gasteiger partial charge in [0, 0.05) is 5.54 Å². The Kier molecular flexibility index (Phi) is 5.58. The zero-order chi connectivity index (χ0) is 16.0. The lowest BCUT2D eigenvalue weighted by molar-refractivity contribution is -0.124. The van der Waals surface area contributed by atoms with Gasteiger partial charge in [-0.3, -0.25) is 4.79 Å². The van der Waals surface area contributed by atoms with Gasteiger partial charge >= 0.3 is 5.97 Å². The summed E-state index contributed by atoms with van der Waals surface area (Å²) in [6.07, 6.45) is 0.779. The molecule has 0 saturated heterocycles. The molecule has 21 heavy (non-hydrogen) atoms. The molecule has 0 bridgehead atoms. The van der Waals surface area contributed by atoms with Crippen molar-refractivity contribution in [3.05, 3.63) is 23.8 Å². The summed E-state index contributed by atoms with van der Waals surface area (Å²) >= 11 is 0. The molecule has 6 heteroatoms. The predicted octanol–water partition coefficient (Wildman–Crippen LogP) is 2.08. The van der Waals surface area contributed by atoms with Crippen LogP contribution in [0.2, 0.25) is 0 Å². The Morgan fingerprint density at radius 1 is 1.33 bits per heavy atom. The number of aromatic carboxylic acids is 1. The van der Waals surface area contributed by atoms with E-state index in [-0.39, 0.29) is 29.4 Å². The highest BCUT2D eigenvalue weighted by Crippen LogP contribution is 2.24. The van der Waals surface area contributed by atoms with Crippen LogP contribution in [0, 0.1) is 0 Å². The maximum Gasteiger partial charge on any atom is 0.339 e. The van der Waals surface area contributed by atoms with Crippen LogP contribution in [-0.2, 0) is 4.79 Å². The van der Waals surface area contributed by atoms with Gasteiger partial charge in [-0.1, -0.05) is 6.92 Å². The van der Waals surface area contributed by atoms with Crippen LogP contribution in [0.1, 0.15) is 37.6 Å². The summed E-state index contributed by atoms with van der Waals surface area (Å²) in [6, 6.07) is 4.40. The third-order valence-electron chi connectivity index (χ3n) is 3.14. The van der Waals surface area contributed by atoms with Crippen LogP contribution in [0.4, 0.5) is 0 Å². The number of rotatable bonds is 7. The maximum absolute atomic E-state index is 11.8. The van der Waals surface area contributed by atoms with Crippen molar-refractivity contribution >= 4 is 11.9 Å². The number of nitrogens with one attached hydrogen (secondary N) is 1. The van der Waals surface area contributed by atoms with E-state index in [4.69, 9.17) is 14.6 Å². The maximum atomic E-state index is 11.8. The van der Waals surface area contributed by atoms with Gasteiger partial charge in [-0.25, -0.2) is 4.79 Å². The molecule has 0 aromatic heterocycles. The van der Waals surface area contributed by atoms with Crippen LogP contribution in [0.3, 0.4) is 0 Å². The fraction of sp³-hybridized carbons (Fsp3) is 0.467. The van der Waals surface area contributed by atoms with Crippen LogP contribution in [-0.4, -0.2) is 36.2 Å². The van der Waals surface area contributed by atoms with E-state index in [0.29, 0.717) is 5.75 Å². The molecule has 0 aliphatic rings. The van der Waals surface area contributed by atoms with E-state index in [1.165, 1.54) is 19.2 Å². The summed E-state index contributed by atoms with van der Waals surface area (Å²) < 4.78 is 10.3. The van der Waals surface area contributed by atoms with Crippen LogP contribution in [0.15, 0.2) is 18.2 Å². The van der Waals surface area contributed by atoms with Gasteiger partial charge in [-0.05, 0) is 38.5 Å². The number of methoxy groups -OCH3 is 1. The lowest BCUT2D eigenvalue weighted by Gasteiger charge is -2.24. The minimum atomic E-state index is -1.14. The minimum Gasteiger partial charge on any atom is -0.497 e. The molecule has 0 heterocycles. The van der Waals surface area contributed by atoms with Crippen molar-refractivity contribution in [1.82, 2.24) is 5.32 Å². The van der Waals surface area contributed by atoms with E-state index >= 15 is 0 Å². The molecular weight excluding hydrogens is 274 g/mol. The molecule has 0 atom stereocenters. The number of benzene rings is 1. The monoisotopic (exact) mass is 295 g/mol. The number of amides is 1. The molecule has 1 rings (SSSR count). The summed E-state index contributed by atoms with van der Waals surface area (Å²) in [6.45, 7) is 5.53. The Morgan fingerprint density at radius 3 is 2.52 bits per heavy atom. The number of carboxylic acids is 1. The van der Waals surface area contributed by atoms with Gasteiger partial charge in [-0.2, -0.15) is 0 Å². The van der Waals surface area contributed by atoms with Crippen LogP contribution >= 0.6 is 0 Å². The summed E-state index contributed by atoms with van der Waals surface area (Å²) in [7, 11) is 1.45. The molecule has 1 aromatic carbocycles. The number of hydrogen-bond acceptors (Lipinski definition) is 4. The van der Waals surface area contributed by atoms with Crippen molar-refractivity contribution in [1.29, 1.82) is 0 Å². The Hall–Kier alpha value is -2.24. The van der Waals surface area contributed by atoms with Gasteiger partial charge in [0.2, 0.25) is 0 Å². The molecule has 0 saturated carbocycles. The number of carbonyl (C=O) groups is 2. The molecule has 0 aliphatic carbocycles. The second-order valence-electron chi connectivity index (χ2n) is 5.24. The Balaban J connectivity index is 2.75. The molecule has 0 radical (unpaired) electrons. The highest BCUT2D eigenvalue weighted by Gasteiger charge is 2.19. The standard InChI is InChI=1S/C15H21NO5/c1-5-15(2,3)16-13(17)9-21-12-7-6-10(20-4)8-11(12)14(18)19/h6-8H,5,9H2,1-4H3,(H,16,17)(H,18,19). The molecular formula is C15H21NO5. The quantitative estimate of drug-likeness (QED) is 0.804. The highest BCUT2D eigenvalue weighted by atomic mass is 16.5. The molecule has 1 amide bonds. The van der Waals surface area contributed by atoms with Gasteiger partial charge in [0.25, 0.3) is 5.91 Å². The van der Waals surface area contributed by atoms with E-state index in [1.54, 1.807) is 6.07 Å². The van der Waals surface area contributed by atoms with E-state index in [0.717, 1.165) is 6.42 Å². The first kappa shape index (κ1) is 16.8. The van der Waals surface area contributed by atoms with Crippen molar-refractivity contribution in [3.8, 4) is 11.5 Å². The van der Waals surface area contributed by atoms with Crippen molar-refractivity contribution < 1.29 is 24.2 Å². The summed E-state index contributed by atoms with van der Waals surface area (Å²) in [5, 5.41) is 12.0. The van der Waals surface area contributed by atoms with Crippen molar-refractivity contribution in [2.24, 2.45) is 0 Å². The van der Waals surface area contributed by atoms with Crippen LogP contribution in [0.5, 0.6) is 11.5 Å².